The fraction of sp³-hybridized carbons (Fsp3) is 0.750. The first-order valence-electron chi connectivity index (χ1n) is 6.93. The summed E-state index contributed by atoms with van der Waals surface area (Å²) in [6.07, 6.45) is 2.38. The molecule has 1 atom stereocenters. The summed E-state index contributed by atoms with van der Waals surface area (Å²) in [5.41, 5.74) is 6.43. The van der Waals surface area contributed by atoms with Crippen molar-refractivity contribution in [3.05, 3.63) is 11.4 Å². The third kappa shape index (κ3) is 3.20. The van der Waals surface area contributed by atoms with Crippen LogP contribution in [0, 0.1) is 6.92 Å². The molecule has 1 aromatic rings. The van der Waals surface area contributed by atoms with Gasteiger partial charge in [0, 0.05) is 19.1 Å². The molecule has 1 aliphatic heterocycles. The second-order valence-electron chi connectivity index (χ2n) is 5.27. The monoisotopic (exact) mass is 301 g/mol. The maximum atomic E-state index is 12.4. The summed E-state index contributed by atoms with van der Waals surface area (Å²) in [5, 5.41) is 6.60. The zero-order chi connectivity index (χ0) is 14.8. The van der Waals surface area contributed by atoms with E-state index in [2.05, 4.69) is 19.8 Å². The summed E-state index contributed by atoms with van der Waals surface area (Å²) in [5.74, 6) is 0. The van der Waals surface area contributed by atoms with Crippen LogP contribution in [-0.4, -0.2) is 49.2 Å². The Kier molecular flexibility index (Phi) is 4.79. The standard InChI is InChI=1S/C12H23N5O2S/c1-9(17-5-3-4-6-17)8-14-20(18,19)12-10(2)15-16-11(12)7-13/h9,14H,3-8,13H2,1-2H3,(H,15,16). The van der Waals surface area contributed by atoms with Gasteiger partial charge in [-0.15, -0.1) is 0 Å². The third-order valence-corrected chi connectivity index (χ3v) is 5.38. The van der Waals surface area contributed by atoms with E-state index in [0.29, 0.717) is 17.9 Å². The number of nitrogens with zero attached hydrogens (tertiary/aromatic N) is 2. The Hall–Kier alpha value is -0.960. The number of aromatic amines is 1. The van der Waals surface area contributed by atoms with E-state index in [4.69, 9.17) is 5.73 Å². The Balaban J connectivity index is 2.05. The molecule has 1 saturated heterocycles. The Morgan fingerprint density at radius 3 is 2.70 bits per heavy atom. The van der Waals surface area contributed by atoms with Crippen LogP contribution in [0.15, 0.2) is 4.90 Å². The molecule has 0 saturated carbocycles. The molecule has 114 valence electrons. The summed E-state index contributed by atoms with van der Waals surface area (Å²) in [4.78, 5) is 2.49. The molecule has 0 amide bonds. The molecule has 0 aromatic carbocycles. The van der Waals surface area contributed by atoms with Crippen molar-refractivity contribution >= 4 is 10.0 Å². The lowest BCUT2D eigenvalue weighted by atomic mass is 10.3. The smallest absolute Gasteiger partial charge is 0.244 e. The van der Waals surface area contributed by atoms with E-state index in [1.165, 1.54) is 12.8 Å². The Morgan fingerprint density at radius 2 is 2.10 bits per heavy atom. The van der Waals surface area contributed by atoms with Crippen molar-refractivity contribution in [3.8, 4) is 0 Å². The first-order chi connectivity index (χ1) is 9.45. The maximum absolute atomic E-state index is 12.4. The highest BCUT2D eigenvalue weighted by molar-refractivity contribution is 7.89. The van der Waals surface area contributed by atoms with Gasteiger partial charge in [-0.2, -0.15) is 5.10 Å². The van der Waals surface area contributed by atoms with Gasteiger partial charge in [-0.1, -0.05) is 0 Å². The topological polar surface area (TPSA) is 104 Å². The number of hydrogen-bond acceptors (Lipinski definition) is 5. The zero-order valence-electron chi connectivity index (χ0n) is 12.0. The molecular weight excluding hydrogens is 278 g/mol. The van der Waals surface area contributed by atoms with Crippen LogP contribution >= 0.6 is 0 Å². The molecule has 0 aliphatic carbocycles. The van der Waals surface area contributed by atoms with E-state index in [1.54, 1.807) is 6.92 Å². The minimum atomic E-state index is -3.57. The average Bonchev–Trinajstić information content (AvgIpc) is 3.05. The zero-order valence-corrected chi connectivity index (χ0v) is 12.8. The van der Waals surface area contributed by atoms with E-state index < -0.39 is 10.0 Å². The van der Waals surface area contributed by atoms with Crippen molar-refractivity contribution < 1.29 is 8.42 Å². The molecule has 0 radical (unpaired) electrons. The molecule has 1 fully saturated rings. The van der Waals surface area contributed by atoms with Gasteiger partial charge in [0.25, 0.3) is 0 Å². The van der Waals surface area contributed by atoms with Gasteiger partial charge in [0.05, 0.1) is 11.4 Å². The lowest BCUT2D eigenvalue weighted by Crippen LogP contribution is -2.40. The van der Waals surface area contributed by atoms with E-state index in [-0.39, 0.29) is 17.5 Å². The fourth-order valence-electron chi connectivity index (χ4n) is 2.58. The first-order valence-corrected chi connectivity index (χ1v) is 8.41. The van der Waals surface area contributed by atoms with Crippen molar-refractivity contribution in [2.45, 2.75) is 44.2 Å². The number of H-pyrrole nitrogens is 1. The Bertz CT molecular complexity index is 548. The van der Waals surface area contributed by atoms with Gasteiger partial charge in [-0.3, -0.25) is 10.00 Å². The highest BCUT2D eigenvalue weighted by Gasteiger charge is 2.25. The van der Waals surface area contributed by atoms with Gasteiger partial charge in [-0.05, 0) is 39.8 Å². The van der Waals surface area contributed by atoms with Crippen LogP contribution in [0.5, 0.6) is 0 Å². The molecule has 8 heteroatoms. The van der Waals surface area contributed by atoms with Gasteiger partial charge in [0.15, 0.2) is 0 Å². The summed E-state index contributed by atoms with van der Waals surface area (Å²) in [6.45, 7) is 6.31. The first kappa shape index (κ1) is 15.4. The maximum Gasteiger partial charge on any atom is 0.244 e. The van der Waals surface area contributed by atoms with E-state index in [0.717, 1.165) is 13.1 Å². The molecule has 2 heterocycles. The molecule has 4 N–H and O–H groups in total. The number of hydrogen-bond donors (Lipinski definition) is 3. The fourth-order valence-corrected chi connectivity index (χ4v) is 4.07. The van der Waals surface area contributed by atoms with Crippen LogP contribution in [-0.2, 0) is 16.6 Å². The lowest BCUT2D eigenvalue weighted by molar-refractivity contribution is 0.260. The summed E-state index contributed by atoms with van der Waals surface area (Å²) in [7, 11) is -3.57. The predicted molar refractivity (Wildman–Crippen MR) is 76.7 cm³/mol. The average molecular weight is 301 g/mol. The molecule has 1 unspecified atom stereocenters. The largest absolute Gasteiger partial charge is 0.325 e. The number of rotatable bonds is 6. The molecule has 2 rings (SSSR count). The number of aromatic nitrogens is 2. The quantitative estimate of drug-likeness (QED) is 0.683. The van der Waals surface area contributed by atoms with Gasteiger partial charge in [-0.25, -0.2) is 13.1 Å². The van der Waals surface area contributed by atoms with Crippen LogP contribution in [0.2, 0.25) is 0 Å². The molecular formula is C12H23N5O2S. The van der Waals surface area contributed by atoms with Crippen LogP contribution in [0.1, 0.15) is 31.2 Å². The van der Waals surface area contributed by atoms with Gasteiger partial charge in [0.1, 0.15) is 4.90 Å². The van der Waals surface area contributed by atoms with Crippen molar-refractivity contribution in [1.29, 1.82) is 0 Å². The molecule has 1 aromatic heterocycles. The predicted octanol–water partition coefficient (Wildman–Crippen LogP) is -0.0606. The number of nitrogens with one attached hydrogen (secondary N) is 2. The van der Waals surface area contributed by atoms with Crippen LogP contribution in [0.25, 0.3) is 0 Å². The number of nitrogens with two attached hydrogens (primary N) is 1. The molecule has 7 nitrogen and oxygen atoms in total. The van der Waals surface area contributed by atoms with Crippen molar-refractivity contribution in [2.75, 3.05) is 19.6 Å². The third-order valence-electron chi connectivity index (χ3n) is 3.76. The van der Waals surface area contributed by atoms with Crippen molar-refractivity contribution in [3.63, 3.8) is 0 Å². The van der Waals surface area contributed by atoms with Gasteiger partial charge >= 0.3 is 0 Å². The van der Waals surface area contributed by atoms with Gasteiger partial charge < -0.3 is 5.73 Å². The minimum absolute atomic E-state index is 0.0995. The Labute approximate surface area is 120 Å². The summed E-state index contributed by atoms with van der Waals surface area (Å²) < 4.78 is 27.4. The number of likely N-dealkylation sites (tertiary alicyclic amines) is 1. The molecule has 0 bridgehead atoms. The number of aryl methyl sites for hydroxylation is 1. The summed E-state index contributed by atoms with van der Waals surface area (Å²) >= 11 is 0. The van der Waals surface area contributed by atoms with E-state index in [9.17, 15) is 8.42 Å². The number of sulfonamides is 1. The van der Waals surface area contributed by atoms with Crippen molar-refractivity contribution in [2.24, 2.45) is 5.73 Å². The van der Waals surface area contributed by atoms with Crippen LogP contribution < -0.4 is 10.5 Å². The normalized spacial score (nSPS) is 18.6. The highest BCUT2D eigenvalue weighted by atomic mass is 32.2. The SMILES string of the molecule is Cc1[nH]nc(CN)c1S(=O)(=O)NCC(C)N1CCCC1. The minimum Gasteiger partial charge on any atom is -0.325 e. The van der Waals surface area contributed by atoms with E-state index >= 15 is 0 Å². The second kappa shape index (κ2) is 6.21. The van der Waals surface area contributed by atoms with E-state index in [1.807, 2.05) is 6.92 Å². The van der Waals surface area contributed by atoms with Crippen LogP contribution in [0.4, 0.5) is 0 Å². The molecule has 1 aliphatic rings. The van der Waals surface area contributed by atoms with Crippen molar-refractivity contribution in [1.82, 2.24) is 19.8 Å². The van der Waals surface area contributed by atoms with Crippen LogP contribution in [0.3, 0.4) is 0 Å². The highest BCUT2D eigenvalue weighted by Crippen LogP contribution is 2.17. The van der Waals surface area contributed by atoms with Gasteiger partial charge in [0.2, 0.25) is 10.0 Å². The summed E-state index contributed by atoms with van der Waals surface area (Å²) in [6, 6.07) is 0.195. The lowest BCUT2D eigenvalue weighted by Gasteiger charge is -2.23. The molecule has 20 heavy (non-hydrogen) atoms. The second-order valence-corrected chi connectivity index (χ2v) is 6.98. The Morgan fingerprint density at radius 1 is 1.45 bits per heavy atom. The molecule has 0 spiro atoms.